The van der Waals surface area contributed by atoms with E-state index in [9.17, 15) is 8.42 Å². The van der Waals surface area contributed by atoms with E-state index in [0.29, 0.717) is 5.95 Å². The number of rotatable bonds is 4. The van der Waals surface area contributed by atoms with Crippen LogP contribution < -0.4 is 14.5 Å². The zero-order valence-corrected chi connectivity index (χ0v) is 12.9. The normalized spacial score (nSPS) is 17.2. The van der Waals surface area contributed by atoms with Gasteiger partial charge in [0.2, 0.25) is 16.0 Å². The van der Waals surface area contributed by atoms with Crippen LogP contribution in [0.1, 0.15) is 12.8 Å². The first-order valence-electron chi connectivity index (χ1n) is 6.58. The SMILES string of the molecule is CN(C)c1ccnc(N2CCC(NS(C)(=O)=O)CC2)n1. The monoisotopic (exact) mass is 299 g/mol. The average molecular weight is 299 g/mol. The van der Waals surface area contributed by atoms with Crippen molar-refractivity contribution in [2.24, 2.45) is 0 Å². The summed E-state index contributed by atoms with van der Waals surface area (Å²) in [6.07, 6.45) is 4.48. The highest BCUT2D eigenvalue weighted by Gasteiger charge is 2.23. The summed E-state index contributed by atoms with van der Waals surface area (Å²) in [7, 11) is 0.747. The van der Waals surface area contributed by atoms with Crippen LogP contribution in [-0.2, 0) is 10.0 Å². The lowest BCUT2D eigenvalue weighted by Crippen LogP contribution is -2.44. The van der Waals surface area contributed by atoms with Crippen LogP contribution in [0.2, 0.25) is 0 Å². The fourth-order valence-corrected chi connectivity index (χ4v) is 3.08. The van der Waals surface area contributed by atoms with Gasteiger partial charge < -0.3 is 9.80 Å². The van der Waals surface area contributed by atoms with Crippen LogP contribution >= 0.6 is 0 Å². The average Bonchev–Trinajstić information content (AvgIpc) is 2.38. The van der Waals surface area contributed by atoms with Crippen molar-refractivity contribution in [2.45, 2.75) is 18.9 Å². The predicted molar refractivity (Wildman–Crippen MR) is 79.6 cm³/mol. The highest BCUT2D eigenvalue weighted by atomic mass is 32.2. The van der Waals surface area contributed by atoms with Gasteiger partial charge in [-0.3, -0.25) is 0 Å². The smallest absolute Gasteiger partial charge is 0.227 e. The number of hydrogen-bond donors (Lipinski definition) is 1. The minimum atomic E-state index is -3.13. The van der Waals surface area contributed by atoms with E-state index >= 15 is 0 Å². The second kappa shape index (κ2) is 5.92. The Kier molecular flexibility index (Phi) is 4.44. The number of anilines is 2. The molecule has 7 nitrogen and oxygen atoms in total. The third kappa shape index (κ3) is 4.04. The predicted octanol–water partition coefficient (Wildman–Crippen LogP) is 0.0606. The van der Waals surface area contributed by atoms with E-state index in [1.807, 2.05) is 25.1 Å². The van der Waals surface area contributed by atoms with Gasteiger partial charge in [0.25, 0.3) is 0 Å². The molecule has 8 heteroatoms. The molecule has 0 aliphatic carbocycles. The second-order valence-electron chi connectivity index (χ2n) is 5.26. The lowest BCUT2D eigenvalue weighted by Gasteiger charge is -2.32. The fourth-order valence-electron chi connectivity index (χ4n) is 2.24. The highest BCUT2D eigenvalue weighted by molar-refractivity contribution is 7.88. The first-order valence-corrected chi connectivity index (χ1v) is 8.47. The molecule has 0 aromatic carbocycles. The molecule has 0 atom stereocenters. The zero-order chi connectivity index (χ0) is 14.8. The number of nitrogens with zero attached hydrogens (tertiary/aromatic N) is 4. The lowest BCUT2D eigenvalue weighted by molar-refractivity contribution is 0.458. The van der Waals surface area contributed by atoms with Crippen molar-refractivity contribution in [3.05, 3.63) is 12.3 Å². The highest BCUT2D eigenvalue weighted by Crippen LogP contribution is 2.18. The minimum Gasteiger partial charge on any atom is -0.363 e. The van der Waals surface area contributed by atoms with Crippen LogP contribution in [-0.4, -0.2) is 57.9 Å². The minimum absolute atomic E-state index is 0.0123. The molecule has 1 fully saturated rings. The molecule has 1 N–H and O–H groups in total. The van der Waals surface area contributed by atoms with Gasteiger partial charge in [0.05, 0.1) is 6.26 Å². The Balaban J connectivity index is 1.98. The standard InChI is InChI=1S/C12H21N5O2S/c1-16(2)11-4-7-13-12(14-11)17-8-5-10(6-9-17)15-20(3,18)19/h4,7,10,15H,5-6,8-9H2,1-3H3. The molecule has 1 aromatic heterocycles. The molecule has 2 heterocycles. The maximum absolute atomic E-state index is 11.2. The first kappa shape index (κ1) is 15.0. The zero-order valence-electron chi connectivity index (χ0n) is 12.1. The molecule has 1 saturated heterocycles. The van der Waals surface area contributed by atoms with Crippen LogP contribution in [0, 0.1) is 0 Å². The Morgan fingerprint density at radius 2 is 2.00 bits per heavy atom. The largest absolute Gasteiger partial charge is 0.363 e. The van der Waals surface area contributed by atoms with E-state index < -0.39 is 10.0 Å². The van der Waals surface area contributed by atoms with Gasteiger partial charge in [0.1, 0.15) is 5.82 Å². The van der Waals surface area contributed by atoms with Gasteiger partial charge >= 0.3 is 0 Å². The van der Waals surface area contributed by atoms with Crippen molar-refractivity contribution in [1.82, 2.24) is 14.7 Å². The van der Waals surface area contributed by atoms with E-state index in [1.165, 1.54) is 6.26 Å². The topological polar surface area (TPSA) is 78.4 Å². The van der Waals surface area contributed by atoms with Gasteiger partial charge in [-0.15, -0.1) is 0 Å². The summed E-state index contributed by atoms with van der Waals surface area (Å²) in [6, 6.07) is 1.87. The van der Waals surface area contributed by atoms with E-state index in [4.69, 9.17) is 0 Å². The van der Waals surface area contributed by atoms with E-state index in [1.54, 1.807) is 6.20 Å². The maximum Gasteiger partial charge on any atom is 0.227 e. The summed E-state index contributed by atoms with van der Waals surface area (Å²) in [5.74, 6) is 1.57. The number of piperidine rings is 1. The Hall–Kier alpha value is -1.41. The third-order valence-corrected chi connectivity index (χ3v) is 4.01. The Morgan fingerprint density at radius 1 is 1.35 bits per heavy atom. The summed E-state index contributed by atoms with van der Waals surface area (Å²) in [6.45, 7) is 1.51. The summed E-state index contributed by atoms with van der Waals surface area (Å²) >= 11 is 0. The Labute approximate surface area is 120 Å². The maximum atomic E-state index is 11.2. The van der Waals surface area contributed by atoms with Crippen molar-refractivity contribution >= 4 is 21.8 Å². The lowest BCUT2D eigenvalue weighted by atomic mass is 10.1. The number of nitrogens with one attached hydrogen (secondary N) is 1. The molecule has 1 aliphatic rings. The van der Waals surface area contributed by atoms with Crippen LogP contribution in [0.5, 0.6) is 0 Å². The Bertz CT molecular complexity index is 553. The molecule has 1 aromatic rings. The molecule has 0 spiro atoms. The van der Waals surface area contributed by atoms with E-state index in [2.05, 4.69) is 19.6 Å². The van der Waals surface area contributed by atoms with Crippen LogP contribution in [0.15, 0.2) is 12.3 Å². The van der Waals surface area contributed by atoms with Crippen LogP contribution in [0.3, 0.4) is 0 Å². The second-order valence-corrected chi connectivity index (χ2v) is 7.04. The molecule has 0 bridgehead atoms. The quantitative estimate of drug-likeness (QED) is 0.847. The number of hydrogen-bond acceptors (Lipinski definition) is 6. The summed E-state index contributed by atoms with van der Waals surface area (Å²) in [5, 5.41) is 0. The molecule has 1 aliphatic heterocycles. The summed E-state index contributed by atoms with van der Waals surface area (Å²) in [5.41, 5.74) is 0. The van der Waals surface area contributed by atoms with E-state index in [0.717, 1.165) is 31.7 Å². The van der Waals surface area contributed by atoms with Crippen LogP contribution in [0.4, 0.5) is 11.8 Å². The fraction of sp³-hybridized carbons (Fsp3) is 0.667. The van der Waals surface area contributed by atoms with Gasteiger partial charge in [0, 0.05) is 39.4 Å². The first-order chi connectivity index (χ1) is 9.35. The van der Waals surface area contributed by atoms with Crippen molar-refractivity contribution in [1.29, 1.82) is 0 Å². The molecule has 2 rings (SSSR count). The molecule has 0 radical (unpaired) electrons. The molecule has 0 unspecified atom stereocenters. The van der Waals surface area contributed by atoms with Crippen molar-refractivity contribution in [3.63, 3.8) is 0 Å². The molecule has 20 heavy (non-hydrogen) atoms. The van der Waals surface area contributed by atoms with E-state index in [-0.39, 0.29) is 6.04 Å². The molecule has 112 valence electrons. The summed E-state index contributed by atoms with van der Waals surface area (Å²) < 4.78 is 25.1. The van der Waals surface area contributed by atoms with Gasteiger partial charge in [-0.2, -0.15) is 4.98 Å². The molecule has 0 saturated carbocycles. The van der Waals surface area contributed by atoms with Gasteiger partial charge in [-0.1, -0.05) is 0 Å². The van der Waals surface area contributed by atoms with Gasteiger partial charge in [0.15, 0.2) is 0 Å². The van der Waals surface area contributed by atoms with Gasteiger partial charge in [-0.25, -0.2) is 18.1 Å². The van der Waals surface area contributed by atoms with Crippen molar-refractivity contribution < 1.29 is 8.42 Å². The number of aromatic nitrogens is 2. The third-order valence-electron chi connectivity index (χ3n) is 3.24. The van der Waals surface area contributed by atoms with Crippen molar-refractivity contribution in [3.8, 4) is 0 Å². The molecule has 0 amide bonds. The summed E-state index contributed by atoms with van der Waals surface area (Å²) in [4.78, 5) is 12.8. The van der Waals surface area contributed by atoms with Crippen LogP contribution in [0.25, 0.3) is 0 Å². The van der Waals surface area contributed by atoms with Gasteiger partial charge in [-0.05, 0) is 18.9 Å². The number of sulfonamides is 1. The Morgan fingerprint density at radius 3 is 2.55 bits per heavy atom. The van der Waals surface area contributed by atoms with Crippen molar-refractivity contribution in [2.75, 3.05) is 43.2 Å². The molecular formula is C12H21N5O2S. The molecular weight excluding hydrogens is 278 g/mol.